The number of nitrogens with zero attached hydrogens (tertiary/aromatic N) is 1. The van der Waals surface area contributed by atoms with Crippen LogP contribution in [0.4, 0.5) is 0 Å². The molecule has 0 amide bonds. The molecule has 0 saturated heterocycles. The Kier molecular flexibility index (Phi) is 2.93. The minimum Gasteiger partial charge on any atom is -0.247 e. The van der Waals surface area contributed by atoms with Gasteiger partial charge in [-0.15, -0.1) is 0 Å². The molecule has 0 fully saturated rings. The minimum atomic E-state index is 1.05. The van der Waals surface area contributed by atoms with E-state index in [2.05, 4.69) is 74.5 Å². The highest BCUT2D eigenvalue weighted by atomic mass is 14.7. The first-order chi connectivity index (χ1) is 10.7. The first-order valence-corrected chi connectivity index (χ1v) is 7.58. The molecule has 4 rings (SSSR count). The average molecular weight is 283 g/mol. The van der Waals surface area contributed by atoms with Crippen LogP contribution in [-0.2, 0) is 0 Å². The van der Waals surface area contributed by atoms with Gasteiger partial charge in [0.15, 0.2) is 0 Å². The van der Waals surface area contributed by atoms with Gasteiger partial charge >= 0.3 is 0 Å². The van der Waals surface area contributed by atoms with Crippen LogP contribution in [0.15, 0.2) is 66.7 Å². The molecule has 0 spiro atoms. The van der Waals surface area contributed by atoms with E-state index in [0.717, 1.165) is 11.0 Å². The Bertz CT molecular complexity index is 979. The molecule has 1 heterocycles. The second kappa shape index (κ2) is 4.96. The Labute approximate surface area is 130 Å². The third-order valence-corrected chi connectivity index (χ3v) is 4.08. The number of benzene rings is 3. The van der Waals surface area contributed by atoms with Crippen LogP contribution in [0.2, 0.25) is 0 Å². The number of rotatable bonds is 1. The molecule has 0 aliphatic heterocycles. The smallest absolute Gasteiger partial charge is 0.0788 e. The Morgan fingerprint density at radius 2 is 1.41 bits per heavy atom. The van der Waals surface area contributed by atoms with E-state index < -0.39 is 0 Å². The normalized spacial score (nSPS) is 11.2. The Hall–Kier alpha value is -2.67. The van der Waals surface area contributed by atoms with Crippen LogP contribution in [0, 0.1) is 13.8 Å². The van der Waals surface area contributed by atoms with Crippen LogP contribution >= 0.6 is 0 Å². The van der Waals surface area contributed by atoms with E-state index >= 15 is 0 Å². The fourth-order valence-corrected chi connectivity index (χ4v) is 3.17. The molecule has 0 aliphatic rings. The molecule has 0 atom stereocenters. The quantitative estimate of drug-likeness (QED) is 0.410. The summed E-state index contributed by atoms with van der Waals surface area (Å²) in [6.45, 7) is 4.29. The Morgan fingerprint density at radius 1 is 0.682 bits per heavy atom. The summed E-state index contributed by atoms with van der Waals surface area (Å²) >= 11 is 0. The van der Waals surface area contributed by atoms with Gasteiger partial charge in [-0.2, -0.15) is 0 Å². The molecule has 0 radical (unpaired) electrons. The van der Waals surface area contributed by atoms with Crippen molar-refractivity contribution in [3.8, 4) is 11.1 Å². The van der Waals surface area contributed by atoms with Crippen molar-refractivity contribution in [2.24, 2.45) is 0 Å². The molecule has 3 aromatic carbocycles. The maximum absolute atomic E-state index is 4.91. The number of para-hydroxylation sites is 2. The molecule has 0 bridgehead atoms. The lowest BCUT2D eigenvalue weighted by molar-refractivity contribution is 1.38. The maximum Gasteiger partial charge on any atom is 0.0788 e. The number of hydrogen-bond donors (Lipinski definition) is 0. The SMILES string of the molecule is Cc1cc(C)cc(-c2cccc3cc4ccccc4nc23)c1. The summed E-state index contributed by atoms with van der Waals surface area (Å²) in [7, 11) is 0. The fourth-order valence-electron chi connectivity index (χ4n) is 3.17. The number of aryl methyl sites for hydroxylation is 2. The van der Waals surface area contributed by atoms with Crippen molar-refractivity contribution in [1.29, 1.82) is 0 Å². The summed E-state index contributed by atoms with van der Waals surface area (Å²) in [5.41, 5.74) is 7.14. The standard InChI is InChI=1S/C21H17N/c1-14-10-15(2)12-18(11-14)19-8-5-7-17-13-16-6-3-4-9-20(16)22-21(17)19/h3-13H,1-2H3. The second-order valence-electron chi connectivity index (χ2n) is 5.93. The number of fused-ring (bicyclic) bond motifs is 2. The van der Waals surface area contributed by atoms with Gasteiger partial charge in [0.25, 0.3) is 0 Å². The van der Waals surface area contributed by atoms with E-state index in [4.69, 9.17) is 4.98 Å². The molecule has 106 valence electrons. The first kappa shape index (κ1) is 13.0. The van der Waals surface area contributed by atoms with E-state index in [1.54, 1.807) is 0 Å². The molecule has 1 heteroatoms. The highest BCUT2D eigenvalue weighted by Crippen LogP contribution is 2.30. The van der Waals surface area contributed by atoms with Crippen molar-refractivity contribution in [2.45, 2.75) is 13.8 Å². The monoisotopic (exact) mass is 283 g/mol. The zero-order valence-corrected chi connectivity index (χ0v) is 12.8. The van der Waals surface area contributed by atoms with Crippen LogP contribution < -0.4 is 0 Å². The van der Waals surface area contributed by atoms with Gasteiger partial charge in [0.1, 0.15) is 0 Å². The molecule has 4 aromatic rings. The number of pyridine rings is 1. The zero-order chi connectivity index (χ0) is 15.1. The molecule has 22 heavy (non-hydrogen) atoms. The van der Waals surface area contributed by atoms with Gasteiger partial charge < -0.3 is 0 Å². The van der Waals surface area contributed by atoms with Gasteiger partial charge in [-0.1, -0.05) is 65.7 Å². The summed E-state index contributed by atoms with van der Waals surface area (Å²) in [6.07, 6.45) is 0. The lowest BCUT2D eigenvalue weighted by Crippen LogP contribution is -1.88. The maximum atomic E-state index is 4.91. The van der Waals surface area contributed by atoms with E-state index in [-0.39, 0.29) is 0 Å². The van der Waals surface area contributed by atoms with Gasteiger partial charge in [0.2, 0.25) is 0 Å². The predicted octanol–water partition coefficient (Wildman–Crippen LogP) is 5.67. The topological polar surface area (TPSA) is 12.9 Å². The van der Waals surface area contributed by atoms with Gasteiger partial charge in [0.05, 0.1) is 11.0 Å². The molecule has 0 aliphatic carbocycles. The summed E-state index contributed by atoms with van der Waals surface area (Å²) < 4.78 is 0. The van der Waals surface area contributed by atoms with Crippen LogP contribution in [0.1, 0.15) is 11.1 Å². The fraction of sp³-hybridized carbons (Fsp3) is 0.0952. The van der Waals surface area contributed by atoms with Crippen molar-refractivity contribution in [1.82, 2.24) is 4.98 Å². The van der Waals surface area contributed by atoms with E-state index in [1.165, 1.54) is 33.0 Å². The predicted molar refractivity (Wildman–Crippen MR) is 94.2 cm³/mol. The molecular formula is C21H17N. The van der Waals surface area contributed by atoms with Crippen LogP contribution in [0.3, 0.4) is 0 Å². The second-order valence-corrected chi connectivity index (χ2v) is 5.93. The molecule has 1 nitrogen and oxygen atoms in total. The molecular weight excluding hydrogens is 266 g/mol. The van der Waals surface area contributed by atoms with E-state index in [0.29, 0.717) is 0 Å². The van der Waals surface area contributed by atoms with Crippen molar-refractivity contribution in [2.75, 3.05) is 0 Å². The van der Waals surface area contributed by atoms with Crippen molar-refractivity contribution < 1.29 is 0 Å². The van der Waals surface area contributed by atoms with Crippen molar-refractivity contribution >= 4 is 21.8 Å². The average Bonchev–Trinajstić information content (AvgIpc) is 2.51. The number of aromatic nitrogens is 1. The summed E-state index contributed by atoms with van der Waals surface area (Å²) in [5, 5.41) is 2.38. The van der Waals surface area contributed by atoms with E-state index in [1.807, 2.05) is 6.07 Å². The Balaban J connectivity index is 2.07. The van der Waals surface area contributed by atoms with Crippen molar-refractivity contribution in [3.05, 3.63) is 77.9 Å². The largest absolute Gasteiger partial charge is 0.247 e. The Morgan fingerprint density at radius 3 is 2.23 bits per heavy atom. The minimum absolute atomic E-state index is 1.05. The zero-order valence-electron chi connectivity index (χ0n) is 12.8. The summed E-state index contributed by atoms with van der Waals surface area (Å²) in [6, 6.07) is 23.6. The van der Waals surface area contributed by atoms with Crippen molar-refractivity contribution in [3.63, 3.8) is 0 Å². The van der Waals surface area contributed by atoms with Crippen LogP contribution in [-0.4, -0.2) is 4.98 Å². The van der Waals surface area contributed by atoms with Gasteiger partial charge in [-0.3, -0.25) is 0 Å². The molecule has 0 saturated carbocycles. The van der Waals surface area contributed by atoms with E-state index in [9.17, 15) is 0 Å². The van der Waals surface area contributed by atoms with Gasteiger partial charge in [-0.05, 0) is 31.5 Å². The molecule has 1 aromatic heterocycles. The highest BCUT2D eigenvalue weighted by molar-refractivity contribution is 6.00. The number of hydrogen-bond acceptors (Lipinski definition) is 1. The lowest BCUT2D eigenvalue weighted by atomic mass is 9.98. The van der Waals surface area contributed by atoms with Crippen LogP contribution in [0.5, 0.6) is 0 Å². The van der Waals surface area contributed by atoms with Gasteiger partial charge in [-0.25, -0.2) is 4.98 Å². The highest BCUT2D eigenvalue weighted by Gasteiger charge is 2.07. The molecule has 0 N–H and O–H groups in total. The van der Waals surface area contributed by atoms with Gasteiger partial charge in [0, 0.05) is 16.3 Å². The third-order valence-electron chi connectivity index (χ3n) is 4.08. The summed E-state index contributed by atoms with van der Waals surface area (Å²) in [5.74, 6) is 0. The lowest BCUT2D eigenvalue weighted by Gasteiger charge is -2.09. The third kappa shape index (κ3) is 2.15. The first-order valence-electron chi connectivity index (χ1n) is 7.58. The summed E-state index contributed by atoms with van der Waals surface area (Å²) in [4.78, 5) is 4.91. The molecule has 0 unspecified atom stereocenters. The van der Waals surface area contributed by atoms with Crippen LogP contribution in [0.25, 0.3) is 32.9 Å².